The van der Waals surface area contributed by atoms with Crippen LogP contribution in [0.1, 0.15) is 24.0 Å². The summed E-state index contributed by atoms with van der Waals surface area (Å²) in [4.78, 5) is 28.8. The Labute approximate surface area is 170 Å². The molecule has 2 heterocycles. The third kappa shape index (κ3) is 4.48. The molecule has 2 aromatic carbocycles. The molecule has 2 aliphatic rings. The van der Waals surface area contributed by atoms with Crippen LogP contribution in [0.15, 0.2) is 48.5 Å². The highest BCUT2D eigenvalue weighted by molar-refractivity contribution is 6.00. The molecule has 0 saturated carbocycles. The predicted octanol–water partition coefficient (Wildman–Crippen LogP) is 2.88. The van der Waals surface area contributed by atoms with Crippen LogP contribution in [0.2, 0.25) is 0 Å². The van der Waals surface area contributed by atoms with Gasteiger partial charge in [-0.15, -0.1) is 0 Å². The molecule has 2 aromatic rings. The van der Waals surface area contributed by atoms with Gasteiger partial charge in [-0.25, -0.2) is 4.39 Å². The summed E-state index contributed by atoms with van der Waals surface area (Å²) in [6.45, 7) is 4.64. The van der Waals surface area contributed by atoms with E-state index >= 15 is 0 Å². The number of benzene rings is 2. The van der Waals surface area contributed by atoms with Crippen LogP contribution in [-0.2, 0) is 16.1 Å². The molecule has 2 fully saturated rings. The number of rotatable bonds is 5. The number of likely N-dealkylation sites (tertiary alicyclic amines) is 1. The van der Waals surface area contributed by atoms with Crippen LogP contribution in [0.3, 0.4) is 0 Å². The molecule has 2 amide bonds. The zero-order chi connectivity index (χ0) is 20.4. The molecule has 0 radical (unpaired) electrons. The Hall–Kier alpha value is -2.73. The van der Waals surface area contributed by atoms with Gasteiger partial charge in [0.2, 0.25) is 11.8 Å². The minimum absolute atomic E-state index is 0.0893. The average molecular weight is 395 g/mol. The largest absolute Gasteiger partial charge is 0.352 e. The first-order valence-corrected chi connectivity index (χ1v) is 10.1. The molecule has 2 saturated heterocycles. The number of halogens is 1. The van der Waals surface area contributed by atoms with Crippen molar-refractivity contribution in [2.24, 2.45) is 5.92 Å². The molecule has 0 aromatic heterocycles. The fraction of sp³-hybridized carbons (Fsp3) is 0.391. The maximum atomic E-state index is 14.3. The zero-order valence-corrected chi connectivity index (χ0v) is 16.6. The van der Waals surface area contributed by atoms with E-state index in [9.17, 15) is 14.0 Å². The van der Waals surface area contributed by atoms with Gasteiger partial charge in [-0.3, -0.25) is 14.5 Å². The standard InChI is InChI=1S/C23H26FN3O2/c1-16-7-8-21(20(24)11-16)27-14-18(12-22(27)28)23(29)25-19-9-10-26(15-19)13-17-5-3-2-4-6-17/h2-8,11,18-19H,9-10,12-15H2,1H3,(H,25,29). The van der Waals surface area contributed by atoms with Crippen molar-refractivity contribution < 1.29 is 14.0 Å². The first-order chi connectivity index (χ1) is 14.0. The zero-order valence-electron chi connectivity index (χ0n) is 16.6. The van der Waals surface area contributed by atoms with Crippen molar-refractivity contribution >= 4 is 17.5 Å². The summed E-state index contributed by atoms with van der Waals surface area (Å²) < 4.78 is 14.3. The van der Waals surface area contributed by atoms with Crippen LogP contribution >= 0.6 is 0 Å². The lowest BCUT2D eigenvalue weighted by Crippen LogP contribution is -2.41. The van der Waals surface area contributed by atoms with E-state index in [-0.39, 0.29) is 36.5 Å². The quantitative estimate of drug-likeness (QED) is 0.847. The van der Waals surface area contributed by atoms with Crippen molar-refractivity contribution in [3.8, 4) is 0 Å². The summed E-state index contributed by atoms with van der Waals surface area (Å²) in [7, 11) is 0. The van der Waals surface area contributed by atoms with Crippen LogP contribution in [-0.4, -0.2) is 42.4 Å². The number of aryl methyl sites for hydroxylation is 1. The highest BCUT2D eigenvalue weighted by atomic mass is 19.1. The Morgan fingerprint density at radius 3 is 2.72 bits per heavy atom. The molecule has 1 N–H and O–H groups in total. The smallest absolute Gasteiger partial charge is 0.227 e. The summed E-state index contributed by atoms with van der Waals surface area (Å²) >= 11 is 0. The van der Waals surface area contributed by atoms with Gasteiger partial charge in [0.05, 0.1) is 11.6 Å². The van der Waals surface area contributed by atoms with E-state index < -0.39 is 11.7 Å². The number of carbonyl (C=O) groups is 2. The molecule has 2 atom stereocenters. The SMILES string of the molecule is Cc1ccc(N2CC(C(=O)NC3CCN(Cc4ccccc4)C3)CC2=O)c(F)c1. The van der Waals surface area contributed by atoms with Crippen LogP contribution < -0.4 is 10.2 Å². The molecular weight excluding hydrogens is 369 g/mol. The molecule has 29 heavy (non-hydrogen) atoms. The lowest BCUT2D eigenvalue weighted by atomic mass is 10.1. The molecule has 4 rings (SSSR count). The highest BCUT2D eigenvalue weighted by Crippen LogP contribution is 2.28. The van der Waals surface area contributed by atoms with E-state index in [1.165, 1.54) is 16.5 Å². The maximum absolute atomic E-state index is 14.3. The maximum Gasteiger partial charge on any atom is 0.227 e. The summed E-state index contributed by atoms with van der Waals surface area (Å²) in [5.74, 6) is -1.18. The minimum atomic E-state index is -0.439. The molecule has 0 aliphatic carbocycles. The van der Waals surface area contributed by atoms with Crippen molar-refractivity contribution in [2.75, 3.05) is 24.5 Å². The number of hydrogen-bond donors (Lipinski definition) is 1. The van der Waals surface area contributed by atoms with Crippen molar-refractivity contribution in [1.82, 2.24) is 10.2 Å². The Balaban J connectivity index is 1.32. The van der Waals surface area contributed by atoms with Gasteiger partial charge >= 0.3 is 0 Å². The first-order valence-electron chi connectivity index (χ1n) is 10.1. The van der Waals surface area contributed by atoms with Gasteiger partial charge in [-0.1, -0.05) is 36.4 Å². The van der Waals surface area contributed by atoms with Crippen LogP contribution in [0.25, 0.3) is 0 Å². The molecule has 0 bridgehead atoms. The lowest BCUT2D eigenvalue weighted by molar-refractivity contribution is -0.126. The van der Waals surface area contributed by atoms with Gasteiger partial charge in [-0.05, 0) is 36.6 Å². The normalized spacial score (nSPS) is 22.3. The van der Waals surface area contributed by atoms with Gasteiger partial charge in [0.25, 0.3) is 0 Å². The van der Waals surface area contributed by atoms with Gasteiger partial charge in [0, 0.05) is 38.6 Å². The molecule has 5 nitrogen and oxygen atoms in total. The number of nitrogens with one attached hydrogen (secondary N) is 1. The molecule has 2 unspecified atom stereocenters. The van der Waals surface area contributed by atoms with Crippen LogP contribution in [0, 0.1) is 18.7 Å². The Morgan fingerprint density at radius 1 is 1.17 bits per heavy atom. The third-order valence-electron chi connectivity index (χ3n) is 5.76. The molecule has 2 aliphatic heterocycles. The topological polar surface area (TPSA) is 52.7 Å². The molecule has 0 spiro atoms. The van der Waals surface area contributed by atoms with E-state index in [4.69, 9.17) is 0 Å². The summed E-state index contributed by atoms with van der Waals surface area (Å²) in [6.07, 6.45) is 1.02. The van der Waals surface area contributed by atoms with Crippen LogP contribution in [0.5, 0.6) is 0 Å². The number of hydrogen-bond acceptors (Lipinski definition) is 3. The lowest BCUT2D eigenvalue weighted by Gasteiger charge is -2.19. The monoisotopic (exact) mass is 395 g/mol. The number of carbonyl (C=O) groups excluding carboxylic acids is 2. The van der Waals surface area contributed by atoms with E-state index in [0.29, 0.717) is 0 Å². The second-order valence-corrected chi connectivity index (χ2v) is 8.08. The van der Waals surface area contributed by atoms with Gasteiger partial charge in [-0.2, -0.15) is 0 Å². The summed E-state index contributed by atoms with van der Waals surface area (Å²) in [6, 6.07) is 15.2. The van der Waals surface area contributed by atoms with E-state index in [1.807, 2.05) is 18.2 Å². The second kappa shape index (κ2) is 8.33. The van der Waals surface area contributed by atoms with E-state index in [1.54, 1.807) is 19.1 Å². The summed E-state index contributed by atoms with van der Waals surface area (Å²) in [5.41, 5.74) is 2.32. The number of anilines is 1. The third-order valence-corrected chi connectivity index (χ3v) is 5.76. The van der Waals surface area contributed by atoms with Gasteiger partial charge in [0.1, 0.15) is 5.82 Å². The molecular formula is C23H26FN3O2. The number of nitrogens with zero attached hydrogens (tertiary/aromatic N) is 2. The number of amides is 2. The molecule has 6 heteroatoms. The Kier molecular flexibility index (Phi) is 5.62. The van der Waals surface area contributed by atoms with Gasteiger partial charge < -0.3 is 10.2 Å². The average Bonchev–Trinajstić information content (AvgIpc) is 3.29. The van der Waals surface area contributed by atoms with Gasteiger partial charge in [0.15, 0.2) is 0 Å². The van der Waals surface area contributed by atoms with Crippen molar-refractivity contribution in [1.29, 1.82) is 0 Å². The Bertz CT molecular complexity index is 902. The fourth-order valence-electron chi connectivity index (χ4n) is 4.20. The van der Waals surface area contributed by atoms with Crippen molar-refractivity contribution in [3.05, 3.63) is 65.5 Å². The highest BCUT2D eigenvalue weighted by Gasteiger charge is 2.37. The molecule has 152 valence electrons. The van der Waals surface area contributed by atoms with Crippen LogP contribution in [0.4, 0.5) is 10.1 Å². The van der Waals surface area contributed by atoms with E-state index in [2.05, 4.69) is 22.3 Å². The van der Waals surface area contributed by atoms with E-state index in [0.717, 1.165) is 31.6 Å². The fourth-order valence-corrected chi connectivity index (χ4v) is 4.20. The first kappa shape index (κ1) is 19.6. The predicted molar refractivity (Wildman–Crippen MR) is 110 cm³/mol. The summed E-state index contributed by atoms with van der Waals surface area (Å²) in [5, 5.41) is 3.10. The second-order valence-electron chi connectivity index (χ2n) is 8.08. The van der Waals surface area contributed by atoms with Crippen molar-refractivity contribution in [2.45, 2.75) is 32.4 Å². The van der Waals surface area contributed by atoms with Crippen molar-refractivity contribution in [3.63, 3.8) is 0 Å². The Morgan fingerprint density at radius 2 is 1.97 bits per heavy atom. The minimum Gasteiger partial charge on any atom is -0.352 e.